The number of nitrogens with two attached hydrogens (primary N) is 1. The number of hydrogen-bond acceptors (Lipinski definition) is 3. The number of fused-ring (bicyclic) bond motifs is 1. The average Bonchev–Trinajstić information content (AvgIpc) is 2.87. The number of rotatable bonds is 3. The number of hydrogen-bond donors (Lipinski definition) is 2. The highest BCUT2D eigenvalue weighted by molar-refractivity contribution is 5.86. The molecule has 0 amide bonds. The van der Waals surface area contributed by atoms with E-state index in [1.54, 1.807) is 30.5 Å². The third kappa shape index (κ3) is 2.11. The summed E-state index contributed by atoms with van der Waals surface area (Å²) >= 11 is 0. The maximum Gasteiger partial charge on any atom is 0.329 e. The van der Waals surface area contributed by atoms with Crippen LogP contribution in [-0.2, 0) is 10.3 Å². The lowest BCUT2D eigenvalue weighted by Crippen LogP contribution is -2.36. The van der Waals surface area contributed by atoms with Gasteiger partial charge in [0.1, 0.15) is 11.4 Å². The van der Waals surface area contributed by atoms with E-state index in [0.717, 1.165) is 16.6 Å². The summed E-state index contributed by atoms with van der Waals surface area (Å²) in [6.45, 7) is 3.34. The molecule has 1 aromatic heterocycles. The van der Waals surface area contributed by atoms with Gasteiger partial charge in [-0.05, 0) is 50.2 Å². The van der Waals surface area contributed by atoms with E-state index >= 15 is 0 Å². The number of anilines is 1. The van der Waals surface area contributed by atoms with Crippen molar-refractivity contribution in [2.75, 3.05) is 5.73 Å². The quantitative estimate of drug-likeness (QED) is 0.727. The highest BCUT2D eigenvalue weighted by atomic mass is 16.4. The molecule has 0 saturated heterocycles. The monoisotopic (exact) mass is 295 g/mol. The number of aliphatic carboxylic acids is 1. The molecule has 3 rings (SSSR count). The summed E-state index contributed by atoms with van der Waals surface area (Å²) in [5, 5.41) is 9.62. The van der Waals surface area contributed by atoms with Crippen molar-refractivity contribution in [3.63, 3.8) is 0 Å². The smallest absolute Gasteiger partial charge is 0.329 e. The second-order valence-electron chi connectivity index (χ2n) is 5.75. The summed E-state index contributed by atoms with van der Waals surface area (Å²) in [6.07, 6.45) is 0. The van der Waals surface area contributed by atoms with Gasteiger partial charge < -0.3 is 15.4 Å². The van der Waals surface area contributed by atoms with E-state index in [-0.39, 0.29) is 0 Å². The van der Waals surface area contributed by atoms with Crippen LogP contribution in [0.5, 0.6) is 0 Å². The number of aromatic nitrogens is 2. The minimum Gasteiger partial charge on any atom is -0.480 e. The molecular formula is C17H17N3O2. The lowest BCUT2D eigenvalue weighted by atomic mass is 10.0. The molecule has 112 valence electrons. The highest BCUT2D eigenvalue weighted by Gasteiger charge is 2.33. The Morgan fingerprint density at radius 3 is 2.41 bits per heavy atom. The number of para-hydroxylation sites is 2. The van der Waals surface area contributed by atoms with Gasteiger partial charge in [0.25, 0.3) is 0 Å². The van der Waals surface area contributed by atoms with Gasteiger partial charge in [-0.25, -0.2) is 9.78 Å². The van der Waals surface area contributed by atoms with E-state index in [9.17, 15) is 9.90 Å². The lowest BCUT2D eigenvalue weighted by Gasteiger charge is -2.24. The van der Waals surface area contributed by atoms with Crippen LogP contribution in [0.3, 0.4) is 0 Å². The van der Waals surface area contributed by atoms with Crippen molar-refractivity contribution in [1.82, 2.24) is 9.55 Å². The second-order valence-corrected chi connectivity index (χ2v) is 5.75. The van der Waals surface area contributed by atoms with Gasteiger partial charge in [0, 0.05) is 11.3 Å². The van der Waals surface area contributed by atoms with Crippen LogP contribution in [0, 0.1) is 0 Å². The molecule has 0 aliphatic rings. The summed E-state index contributed by atoms with van der Waals surface area (Å²) in [5.41, 5.74) is 7.66. The van der Waals surface area contributed by atoms with Crippen LogP contribution in [0.25, 0.3) is 22.4 Å². The number of carboxylic acids is 1. The zero-order valence-corrected chi connectivity index (χ0v) is 12.4. The lowest BCUT2D eigenvalue weighted by molar-refractivity contribution is -0.145. The minimum atomic E-state index is -1.12. The maximum atomic E-state index is 11.7. The van der Waals surface area contributed by atoms with E-state index in [0.29, 0.717) is 11.5 Å². The largest absolute Gasteiger partial charge is 0.480 e. The molecule has 3 N–H and O–H groups in total. The summed E-state index contributed by atoms with van der Waals surface area (Å²) in [5.74, 6) is -0.291. The zero-order valence-electron chi connectivity index (χ0n) is 12.4. The second kappa shape index (κ2) is 4.87. The first kappa shape index (κ1) is 14.1. The fourth-order valence-electron chi connectivity index (χ4n) is 2.51. The van der Waals surface area contributed by atoms with Crippen LogP contribution in [-0.4, -0.2) is 20.6 Å². The maximum absolute atomic E-state index is 11.7. The first-order valence-electron chi connectivity index (χ1n) is 6.98. The van der Waals surface area contributed by atoms with Crippen LogP contribution >= 0.6 is 0 Å². The Kier molecular flexibility index (Phi) is 3.13. The molecule has 5 nitrogen and oxygen atoms in total. The van der Waals surface area contributed by atoms with Gasteiger partial charge in [0.2, 0.25) is 0 Å². The van der Waals surface area contributed by atoms with E-state index in [1.807, 2.05) is 36.4 Å². The number of benzene rings is 2. The fraction of sp³-hybridized carbons (Fsp3) is 0.176. The summed E-state index contributed by atoms with van der Waals surface area (Å²) < 4.78 is 1.76. The number of nitrogens with zero attached hydrogens (tertiary/aromatic N) is 2. The number of imidazole rings is 1. The van der Waals surface area contributed by atoms with E-state index in [2.05, 4.69) is 4.98 Å². The zero-order chi connectivity index (χ0) is 15.9. The van der Waals surface area contributed by atoms with Gasteiger partial charge in [-0.15, -0.1) is 0 Å². The molecule has 0 fully saturated rings. The van der Waals surface area contributed by atoms with Crippen molar-refractivity contribution in [3.8, 4) is 11.4 Å². The standard InChI is InChI=1S/C17H17N3O2/c1-17(2,16(21)22)20-14-6-4-3-5-13(14)19-15(20)11-7-9-12(18)10-8-11/h3-10H,18H2,1-2H3,(H,21,22). The average molecular weight is 295 g/mol. The van der Waals surface area contributed by atoms with Gasteiger partial charge in [0.05, 0.1) is 11.0 Å². The molecule has 0 saturated carbocycles. The van der Waals surface area contributed by atoms with E-state index in [4.69, 9.17) is 5.73 Å². The molecule has 0 aliphatic heterocycles. The highest BCUT2D eigenvalue weighted by Crippen LogP contribution is 2.31. The van der Waals surface area contributed by atoms with Crippen molar-refractivity contribution in [1.29, 1.82) is 0 Å². The normalized spacial score (nSPS) is 11.7. The first-order valence-corrected chi connectivity index (χ1v) is 6.98. The summed E-state index contributed by atoms with van der Waals surface area (Å²) in [4.78, 5) is 16.4. The summed E-state index contributed by atoms with van der Waals surface area (Å²) in [6, 6.07) is 14.8. The van der Waals surface area contributed by atoms with Gasteiger partial charge in [0.15, 0.2) is 0 Å². The molecule has 0 spiro atoms. The van der Waals surface area contributed by atoms with Crippen molar-refractivity contribution in [3.05, 3.63) is 48.5 Å². The van der Waals surface area contributed by atoms with E-state index in [1.165, 1.54) is 0 Å². The van der Waals surface area contributed by atoms with Crippen LogP contribution in [0.2, 0.25) is 0 Å². The van der Waals surface area contributed by atoms with Gasteiger partial charge >= 0.3 is 5.97 Å². The molecule has 0 bridgehead atoms. The van der Waals surface area contributed by atoms with E-state index < -0.39 is 11.5 Å². The molecule has 0 aliphatic carbocycles. The molecule has 5 heteroatoms. The topological polar surface area (TPSA) is 81.1 Å². The number of carboxylic acid groups (broad SMARTS) is 1. The Labute approximate surface area is 128 Å². The molecule has 1 heterocycles. The molecule has 2 aromatic carbocycles. The first-order chi connectivity index (χ1) is 10.4. The third-order valence-corrected chi connectivity index (χ3v) is 3.81. The Balaban J connectivity index is 2.34. The Bertz CT molecular complexity index is 848. The molecular weight excluding hydrogens is 278 g/mol. The molecule has 0 atom stereocenters. The van der Waals surface area contributed by atoms with Crippen molar-refractivity contribution < 1.29 is 9.90 Å². The molecule has 3 aromatic rings. The SMILES string of the molecule is CC(C)(C(=O)O)n1c(-c2ccc(N)cc2)nc2ccccc21. The Morgan fingerprint density at radius 1 is 1.14 bits per heavy atom. The molecule has 22 heavy (non-hydrogen) atoms. The molecule has 0 unspecified atom stereocenters. The predicted molar refractivity (Wildman–Crippen MR) is 86.5 cm³/mol. The number of carbonyl (C=O) groups is 1. The number of nitrogen functional groups attached to an aromatic ring is 1. The van der Waals surface area contributed by atoms with Crippen LogP contribution in [0.15, 0.2) is 48.5 Å². The van der Waals surface area contributed by atoms with Crippen LogP contribution in [0.1, 0.15) is 13.8 Å². The summed E-state index contributed by atoms with van der Waals surface area (Å²) in [7, 11) is 0. The van der Waals surface area contributed by atoms with Crippen molar-refractivity contribution in [2.45, 2.75) is 19.4 Å². The van der Waals surface area contributed by atoms with Crippen LogP contribution in [0.4, 0.5) is 5.69 Å². The van der Waals surface area contributed by atoms with Crippen molar-refractivity contribution >= 4 is 22.7 Å². The predicted octanol–water partition coefficient (Wildman–Crippen LogP) is 3.11. The van der Waals surface area contributed by atoms with Gasteiger partial charge in [-0.1, -0.05) is 12.1 Å². The van der Waals surface area contributed by atoms with Gasteiger partial charge in [-0.2, -0.15) is 0 Å². The van der Waals surface area contributed by atoms with Crippen molar-refractivity contribution in [2.24, 2.45) is 0 Å². The van der Waals surface area contributed by atoms with Crippen LogP contribution < -0.4 is 5.73 Å². The Hall–Kier alpha value is -2.82. The molecule has 0 radical (unpaired) electrons. The van der Waals surface area contributed by atoms with Gasteiger partial charge in [-0.3, -0.25) is 0 Å². The fourth-order valence-corrected chi connectivity index (χ4v) is 2.51. The minimum absolute atomic E-state index is 0.619. The Morgan fingerprint density at radius 2 is 1.77 bits per heavy atom. The third-order valence-electron chi connectivity index (χ3n) is 3.81.